The minimum absolute atomic E-state index is 0.0733. The quantitative estimate of drug-likeness (QED) is 0.0330. The Morgan fingerprint density at radius 3 is 1.21 bits per heavy atom. The molecule has 0 saturated carbocycles. The number of aromatic nitrogens is 3. The van der Waals surface area contributed by atoms with Crippen LogP contribution in [0.3, 0.4) is 0 Å². The summed E-state index contributed by atoms with van der Waals surface area (Å²) in [6.45, 7) is 3.26. The number of methoxy groups -OCH3 is 1. The highest BCUT2D eigenvalue weighted by molar-refractivity contribution is 6.33. The smallest absolute Gasteiger partial charge is 0.259 e. The second kappa shape index (κ2) is 33.8. The number of benzene rings is 6. The van der Waals surface area contributed by atoms with Crippen LogP contribution < -0.4 is 36.6 Å². The second-order valence-corrected chi connectivity index (χ2v) is 24.6. The standard InChI is InChI=1S/C24H21Cl2N5O3.C23H18Cl2FN5O2.C23H20Cl2FN5O2/c1-34-19-12-17(26)11-18(24(33)29-20-8-7-16(25)13-28-20)21(19)30-23(32)15-5-3-14(4-6-15)22(27)31-9-2-10-31;24-14-3-6-19(17(11-14)23(33)30-20-7-4-15(25)12-28-20)29-22(32)16-5-2-13(10-18(16)26)21(27)31-8-1-9-31;1-27-21(31(2)3)13-4-7-16(18(26)10-13)22(32)29-19-8-5-14(24)11-17(19)23(33)30-20-9-6-15(25)12-28-20/h3-8,11-13,27H,2,9-10H2,1H3,(H,30,32)(H,28,29,33);2-7,10-12,27H,1,8-9H2,(H,29,32)(H,28,30,33);4-12H,1-3H3,(H,29,32)(H,28,30,33). The SMILES string of the molecule is CN=C(c1ccc(C(=O)Nc2ccc(Cl)cc2C(=O)Nc2ccc(Cl)cn2)c(F)c1)N(C)C.COc1cc(Cl)cc(C(=O)Nc2ccc(Cl)cn2)c1NC(=O)c1ccc(C(=N)N2CCC2)cc1.N=C(c1ccc(C(=O)Nc2ccc(Cl)cc2C(=O)Nc2ccc(Cl)cn2)c(F)c1)N1CCC1. The summed E-state index contributed by atoms with van der Waals surface area (Å²) in [6.07, 6.45) is 6.25. The van der Waals surface area contributed by atoms with Gasteiger partial charge in [0, 0.05) is 109 Å². The van der Waals surface area contributed by atoms with Crippen molar-refractivity contribution in [3.63, 3.8) is 0 Å². The maximum absolute atomic E-state index is 14.8. The van der Waals surface area contributed by atoms with Crippen molar-refractivity contribution in [1.82, 2.24) is 29.7 Å². The molecule has 3 aromatic heterocycles. The average Bonchev–Trinajstić information content (AvgIpc) is 0.822. The number of hydrogen-bond donors (Lipinski definition) is 8. The predicted molar refractivity (Wildman–Crippen MR) is 388 cm³/mol. The van der Waals surface area contributed by atoms with Gasteiger partial charge in [0.1, 0.15) is 52.3 Å². The van der Waals surface area contributed by atoms with Gasteiger partial charge in [-0.3, -0.25) is 44.6 Å². The van der Waals surface area contributed by atoms with Gasteiger partial charge in [0.25, 0.3) is 35.4 Å². The molecule has 8 N–H and O–H groups in total. The third kappa shape index (κ3) is 19.0. The van der Waals surface area contributed by atoms with Crippen molar-refractivity contribution in [2.45, 2.75) is 12.8 Å². The van der Waals surface area contributed by atoms with Crippen LogP contribution in [-0.2, 0) is 0 Å². The molecule has 6 aromatic carbocycles. The number of amides is 6. The number of anilines is 6. The number of amidine groups is 3. The molecule has 9 aromatic rings. The topological polar surface area (TPSA) is 292 Å². The Morgan fingerprint density at radius 1 is 0.440 bits per heavy atom. The number of carbonyl (C=O) groups is 6. The van der Waals surface area contributed by atoms with Gasteiger partial charge in [-0.05, 0) is 128 Å². The lowest BCUT2D eigenvalue weighted by atomic mass is 10.1. The van der Waals surface area contributed by atoms with Crippen LogP contribution in [0.4, 0.5) is 43.3 Å². The highest BCUT2D eigenvalue weighted by Crippen LogP contribution is 2.34. The van der Waals surface area contributed by atoms with Crippen LogP contribution in [0.5, 0.6) is 5.75 Å². The zero-order valence-corrected chi connectivity index (χ0v) is 57.9. The van der Waals surface area contributed by atoms with Crippen LogP contribution in [0.2, 0.25) is 30.1 Å². The number of ether oxygens (including phenoxy) is 1. The Hall–Kier alpha value is -10.6. The molecule has 0 atom stereocenters. The summed E-state index contributed by atoms with van der Waals surface area (Å²) >= 11 is 35.7. The maximum atomic E-state index is 14.8. The summed E-state index contributed by atoms with van der Waals surface area (Å²) in [6, 6.07) is 35.9. The molecule has 0 bridgehead atoms. The fourth-order valence-corrected chi connectivity index (χ4v) is 10.5. The summed E-state index contributed by atoms with van der Waals surface area (Å²) < 4.78 is 34.8. The van der Waals surface area contributed by atoms with Gasteiger partial charge in [0.15, 0.2) is 0 Å². The van der Waals surface area contributed by atoms with Crippen molar-refractivity contribution in [3.05, 3.63) is 256 Å². The number of halogens is 8. The molecule has 0 unspecified atom stereocenters. The zero-order valence-electron chi connectivity index (χ0n) is 53.3. The third-order valence-corrected chi connectivity index (χ3v) is 16.3. The molecular weight excluding hydrogens is 1410 g/mol. The fraction of sp³-hybridized carbons (Fsp3) is 0.143. The van der Waals surface area contributed by atoms with Crippen molar-refractivity contribution >= 4 is 157 Å². The lowest BCUT2D eigenvalue weighted by Gasteiger charge is -2.33. The van der Waals surface area contributed by atoms with E-state index in [1.165, 1.54) is 111 Å². The summed E-state index contributed by atoms with van der Waals surface area (Å²) in [5.41, 5.74) is 2.34. The molecule has 2 aliphatic heterocycles. The molecule has 2 fully saturated rings. The van der Waals surface area contributed by atoms with Crippen molar-refractivity contribution < 1.29 is 42.3 Å². The molecule has 100 heavy (non-hydrogen) atoms. The number of likely N-dealkylation sites (tertiary alicyclic amines) is 2. The van der Waals surface area contributed by atoms with Crippen LogP contribution in [0.25, 0.3) is 0 Å². The zero-order chi connectivity index (χ0) is 71.9. The molecule has 2 aliphatic rings. The number of nitrogens with zero attached hydrogens (tertiary/aromatic N) is 7. The van der Waals surface area contributed by atoms with E-state index in [4.69, 9.17) is 85.2 Å². The number of hydrogen-bond acceptors (Lipinski definition) is 13. The van der Waals surface area contributed by atoms with E-state index < -0.39 is 47.1 Å². The minimum atomic E-state index is -0.763. The number of pyridine rings is 3. The fourth-order valence-electron chi connectivity index (χ4n) is 9.64. The van der Waals surface area contributed by atoms with E-state index in [2.05, 4.69) is 51.8 Å². The Kier molecular flexibility index (Phi) is 24.9. The van der Waals surface area contributed by atoms with Gasteiger partial charge in [-0.2, -0.15) is 0 Å². The van der Waals surface area contributed by atoms with Gasteiger partial charge in [-0.15, -0.1) is 0 Å². The van der Waals surface area contributed by atoms with Crippen molar-refractivity contribution in [2.24, 2.45) is 4.99 Å². The Bertz CT molecular complexity index is 4650. The minimum Gasteiger partial charge on any atom is -0.494 e. The summed E-state index contributed by atoms with van der Waals surface area (Å²) in [7, 11) is 6.58. The first kappa shape index (κ1) is 73.6. The Labute approximate surface area is 602 Å². The third-order valence-electron chi connectivity index (χ3n) is 15.0. The van der Waals surface area contributed by atoms with Gasteiger partial charge in [0.05, 0.1) is 67.1 Å². The van der Waals surface area contributed by atoms with E-state index in [0.29, 0.717) is 43.4 Å². The molecule has 11 rings (SSSR count). The van der Waals surface area contributed by atoms with Crippen molar-refractivity contribution in [1.29, 1.82) is 10.8 Å². The maximum Gasteiger partial charge on any atom is 0.259 e. The van der Waals surface area contributed by atoms with Gasteiger partial charge in [0.2, 0.25) is 0 Å². The largest absolute Gasteiger partial charge is 0.494 e. The van der Waals surface area contributed by atoms with Crippen LogP contribution in [-0.4, -0.2) is 137 Å². The average molecular weight is 1470 g/mol. The molecule has 2 saturated heterocycles. The van der Waals surface area contributed by atoms with E-state index >= 15 is 0 Å². The highest BCUT2D eigenvalue weighted by Gasteiger charge is 2.26. The van der Waals surface area contributed by atoms with Gasteiger partial charge in [-0.25, -0.2) is 23.7 Å². The number of rotatable bonds is 16. The molecule has 6 amide bonds. The lowest BCUT2D eigenvalue weighted by molar-refractivity contribution is 0.100. The van der Waals surface area contributed by atoms with E-state index in [-0.39, 0.29) is 89.0 Å². The molecule has 512 valence electrons. The number of aliphatic imine (C=N–C) groups is 1. The molecule has 0 aliphatic carbocycles. The molecule has 0 spiro atoms. The summed E-state index contributed by atoms with van der Waals surface area (Å²) in [4.78, 5) is 98.8. The molecule has 0 radical (unpaired) electrons. The summed E-state index contributed by atoms with van der Waals surface area (Å²) in [5.74, 6) is -2.81. The van der Waals surface area contributed by atoms with E-state index in [9.17, 15) is 37.5 Å². The van der Waals surface area contributed by atoms with Crippen LogP contribution in [0.15, 0.2) is 169 Å². The predicted octanol–water partition coefficient (Wildman–Crippen LogP) is 15.0. The van der Waals surface area contributed by atoms with Crippen LogP contribution >= 0.6 is 69.6 Å². The Morgan fingerprint density at radius 2 is 0.820 bits per heavy atom. The first-order valence-electron chi connectivity index (χ1n) is 30.1. The molecule has 22 nitrogen and oxygen atoms in total. The van der Waals surface area contributed by atoms with E-state index in [0.717, 1.165) is 50.7 Å². The van der Waals surface area contributed by atoms with E-state index in [1.807, 2.05) is 9.80 Å². The number of carbonyl (C=O) groups excluding carboxylic acids is 6. The first-order valence-corrected chi connectivity index (χ1v) is 32.3. The van der Waals surface area contributed by atoms with Crippen molar-refractivity contribution in [2.75, 3.05) is 86.3 Å². The number of nitrogens with one attached hydrogen (secondary N) is 8. The van der Waals surface area contributed by atoms with Gasteiger partial charge < -0.3 is 51.3 Å². The molecular formula is C70H59Cl6F2N15O7. The lowest BCUT2D eigenvalue weighted by Crippen LogP contribution is -2.42. The molecule has 30 heteroatoms. The van der Waals surface area contributed by atoms with Crippen molar-refractivity contribution in [3.8, 4) is 5.75 Å². The summed E-state index contributed by atoms with van der Waals surface area (Å²) in [5, 5.41) is 34.2. The van der Waals surface area contributed by atoms with E-state index in [1.54, 1.807) is 80.6 Å². The van der Waals surface area contributed by atoms with Crippen LogP contribution in [0.1, 0.15) is 91.7 Å². The second-order valence-electron chi connectivity index (χ2n) is 22.0. The van der Waals surface area contributed by atoms with Gasteiger partial charge >= 0.3 is 0 Å². The Balaban J connectivity index is 0.000000175. The van der Waals surface area contributed by atoms with Gasteiger partial charge in [-0.1, -0.05) is 93.9 Å². The van der Waals surface area contributed by atoms with Crippen LogP contribution in [0, 0.1) is 22.5 Å². The monoisotopic (exact) mass is 1470 g/mol. The normalized spacial score (nSPS) is 12.1. The first-order chi connectivity index (χ1) is 47.9. The molecule has 5 heterocycles. The highest BCUT2D eigenvalue weighted by atomic mass is 35.5.